The zero-order chi connectivity index (χ0) is 46.7. The molecule has 14 aromatic rings. The molecule has 0 atom stereocenters. The molecular formula is C63H40N6S2. The maximum absolute atomic E-state index is 5.59. The maximum Gasteiger partial charge on any atom is 0.235 e. The number of rotatable bonds is 6. The minimum Gasteiger partial charge on any atom is -0.312 e. The lowest BCUT2D eigenvalue weighted by Gasteiger charge is -2.26. The summed E-state index contributed by atoms with van der Waals surface area (Å²) in [6, 6.07) is 66.8. The zero-order valence-electron chi connectivity index (χ0n) is 38.5. The van der Waals surface area contributed by atoms with Crippen LogP contribution in [0.4, 0.5) is 11.6 Å². The minimum atomic E-state index is 0.647. The van der Waals surface area contributed by atoms with Crippen molar-refractivity contribution in [2.24, 2.45) is 0 Å². The molecule has 0 spiro atoms. The maximum atomic E-state index is 5.59. The van der Waals surface area contributed by atoms with Crippen molar-refractivity contribution in [2.75, 3.05) is 11.9 Å². The summed E-state index contributed by atoms with van der Waals surface area (Å²) in [7, 11) is 2.18. The van der Waals surface area contributed by atoms with E-state index in [1.807, 2.05) is 22.7 Å². The molecule has 1 aliphatic carbocycles. The van der Waals surface area contributed by atoms with Crippen LogP contribution in [-0.4, -0.2) is 31.6 Å². The van der Waals surface area contributed by atoms with Gasteiger partial charge in [0.05, 0.1) is 48.5 Å². The van der Waals surface area contributed by atoms with E-state index in [1.54, 1.807) is 0 Å². The summed E-state index contributed by atoms with van der Waals surface area (Å²) in [5, 5.41) is 10.7. The molecule has 6 nitrogen and oxygen atoms in total. The molecule has 8 heteroatoms. The molecule has 0 fully saturated rings. The predicted octanol–water partition coefficient (Wildman–Crippen LogP) is 17.1. The molecule has 0 saturated carbocycles. The van der Waals surface area contributed by atoms with Crippen molar-refractivity contribution >= 4 is 125 Å². The van der Waals surface area contributed by atoms with Crippen LogP contribution in [-0.2, 0) is 6.42 Å². The molecule has 0 saturated heterocycles. The van der Waals surface area contributed by atoms with Gasteiger partial charge < -0.3 is 4.90 Å². The van der Waals surface area contributed by atoms with E-state index in [0.717, 1.165) is 85.0 Å². The molecule has 5 heterocycles. The van der Waals surface area contributed by atoms with Crippen LogP contribution >= 0.6 is 22.7 Å². The average molecular weight is 945 g/mol. The fourth-order valence-electron chi connectivity index (χ4n) is 11.4. The van der Waals surface area contributed by atoms with E-state index in [4.69, 9.17) is 19.9 Å². The van der Waals surface area contributed by atoms with Gasteiger partial charge in [0.1, 0.15) is 0 Å². The predicted molar refractivity (Wildman–Crippen MR) is 301 cm³/mol. The van der Waals surface area contributed by atoms with E-state index in [-0.39, 0.29) is 0 Å². The molecule has 0 bridgehead atoms. The molecule has 0 radical (unpaired) electrons. The molecule has 0 N–H and O–H groups in total. The molecule has 0 unspecified atom stereocenters. The van der Waals surface area contributed by atoms with Crippen molar-refractivity contribution in [3.8, 4) is 39.6 Å². The molecule has 0 aliphatic heterocycles. The topological polar surface area (TPSA) is 59.7 Å². The highest BCUT2D eigenvalue weighted by Gasteiger charge is 2.32. The largest absolute Gasteiger partial charge is 0.312 e. The van der Waals surface area contributed by atoms with Gasteiger partial charge in [0.25, 0.3) is 0 Å². The molecule has 71 heavy (non-hydrogen) atoms. The molecule has 5 aromatic heterocycles. The van der Waals surface area contributed by atoms with Crippen LogP contribution < -0.4 is 4.90 Å². The Balaban J connectivity index is 1.17. The van der Waals surface area contributed by atoms with E-state index in [9.17, 15) is 0 Å². The summed E-state index contributed by atoms with van der Waals surface area (Å²) in [6.45, 7) is 0. The van der Waals surface area contributed by atoms with E-state index in [2.05, 4.69) is 217 Å². The summed E-state index contributed by atoms with van der Waals surface area (Å²) in [4.78, 5) is 25.6. The number of thiophene rings is 2. The lowest BCUT2D eigenvalue weighted by molar-refractivity contribution is 1.01. The van der Waals surface area contributed by atoms with Crippen molar-refractivity contribution in [3.63, 3.8) is 0 Å². The van der Waals surface area contributed by atoms with Crippen molar-refractivity contribution < 1.29 is 0 Å². The second-order valence-electron chi connectivity index (χ2n) is 18.4. The number of para-hydroxylation sites is 3. The minimum absolute atomic E-state index is 0.647. The van der Waals surface area contributed by atoms with Crippen molar-refractivity contribution in [1.29, 1.82) is 0 Å². The van der Waals surface area contributed by atoms with E-state index in [1.165, 1.54) is 62.2 Å². The lowest BCUT2D eigenvalue weighted by Crippen LogP contribution is -2.15. The van der Waals surface area contributed by atoms with Crippen LogP contribution in [0.25, 0.3) is 130 Å². The van der Waals surface area contributed by atoms with E-state index >= 15 is 0 Å². The second kappa shape index (κ2) is 15.7. The van der Waals surface area contributed by atoms with Crippen LogP contribution in [0.3, 0.4) is 0 Å². The van der Waals surface area contributed by atoms with Crippen LogP contribution in [0.1, 0.15) is 16.9 Å². The molecule has 0 amide bonds. The molecule has 1 aliphatic rings. The smallest absolute Gasteiger partial charge is 0.235 e. The fourth-order valence-corrected chi connectivity index (χ4v) is 14.0. The fraction of sp³-hybridized carbons (Fsp3) is 0.0476. The highest BCUT2D eigenvalue weighted by atomic mass is 32.1. The quantitative estimate of drug-likeness (QED) is 0.166. The van der Waals surface area contributed by atoms with Crippen LogP contribution in [0, 0.1) is 0 Å². The Morgan fingerprint density at radius 1 is 0.479 bits per heavy atom. The number of aryl methyl sites for hydroxylation is 1. The number of nitrogens with zero attached hydrogens (tertiary/aromatic N) is 6. The monoisotopic (exact) mass is 944 g/mol. The number of hydrogen-bond acceptors (Lipinski definition) is 7. The Labute approximate surface area is 416 Å². The van der Waals surface area contributed by atoms with Gasteiger partial charge in [-0.15, -0.1) is 22.7 Å². The Kier molecular flexibility index (Phi) is 8.94. The first-order valence-electron chi connectivity index (χ1n) is 24.1. The molecule has 9 aromatic carbocycles. The third-order valence-electron chi connectivity index (χ3n) is 14.4. The SMILES string of the molecule is CN(c1nc(-c2ccccc2)c2ccccc2n1)c1c(-c2ccccc2)c2c3c4ccccc4sc3c3c(c4ccccc4n3-c3nc(-c4ccccc4)c4ccccc4n3)c2c2c3c(sc12)C=CCC3. The van der Waals surface area contributed by atoms with Crippen molar-refractivity contribution in [3.05, 3.63) is 205 Å². The number of hydrogen-bond donors (Lipinski definition) is 0. The summed E-state index contributed by atoms with van der Waals surface area (Å²) in [6.07, 6.45) is 6.61. The van der Waals surface area contributed by atoms with Gasteiger partial charge in [0.2, 0.25) is 11.9 Å². The molecule has 15 rings (SSSR count). The van der Waals surface area contributed by atoms with Crippen molar-refractivity contribution in [1.82, 2.24) is 24.5 Å². The van der Waals surface area contributed by atoms with Gasteiger partial charge in [0, 0.05) is 81.8 Å². The van der Waals surface area contributed by atoms with E-state index < -0.39 is 0 Å². The summed E-state index contributed by atoms with van der Waals surface area (Å²) in [5.41, 5.74) is 12.7. The number of anilines is 2. The van der Waals surface area contributed by atoms with Crippen molar-refractivity contribution in [2.45, 2.75) is 12.8 Å². The molecular weight excluding hydrogens is 905 g/mol. The van der Waals surface area contributed by atoms with Crippen LogP contribution in [0.5, 0.6) is 0 Å². The van der Waals surface area contributed by atoms with Gasteiger partial charge in [0.15, 0.2) is 0 Å². The number of benzene rings is 9. The normalized spacial score (nSPS) is 12.7. The summed E-state index contributed by atoms with van der Waals surface area (Å²) in [5.74, 6) is 1.30. The third-order valence-corrected chi connectivity index (χ3v) is 16.8. The number of aromatic nitrogens is 5. The van der Waals surface area contributed by atoms with E-state index in [0.29, 0.717) is 11.9 Å². The highest BCUT2D eigenvalue weighted by Crippen LogP contribution is 2.58. The Bertz CT molecular complexity index is 4530. The Morgan fingerprint density at radius 2 is 1.07 bits per heavy atom. The standard InChI is InChI=1S/C63H40N6S2/c1-68(62-64-45-32-16-11-27-40(45)56(66-62)38-23-7-3-8-24-38)58-50(37-21-5-2-6-22-37)54-52-43-30-14-20-36-49(43)71-61(52)59-51(55(54)53-44-31-15-19-35-48(44)70-60(53)58)42-29-13-18-34-47(42)69(59)63-65-46-33-17-12-28-41(46)57(67-63)39-25-9-4-10-26-39/h2-14,16-30,32-36H,15,31H2,1H3. The lowest BCUT2D eigenvalue weighted by atomic mass is 9.86. The van der Waals surface area contributed by atoms with Gasteiger partial charge in [-0.2, -0.15) is 0 Å². The van der Waals surface area contributed by atoms with Crippen LogP contribution in [0.2, 0.25) is 0 Å². The average Bonchev–Trinajstić information content (AvgIpc) is 4.13. The molecule has 334 valence electrons. The zero-order valence-corrected chi connectivity index (χ0v) is 40.1. The first kappa shape index (κ1) is 40.3. The second-order valence-corrected chi connectivity index (χ2v) is 20.5. The van der Waals surface area contributed by atoms with Crippen LogP contribution in [0.15, 0.2) is 194 Å². The first-order valence-corrected chi connectivity index (χ1v) is 25.7. The van der Waals surface area contributed by atoms with Gasteiger partial charge >= 0.3 is 0 Å². The third kappa shape index (κ3) is 5.99. The Morgan fingerprint density at radius 3 is 1.79 bits per heavy atom. The van der Waals surface area contributed by atoms with Gasteiger partial charge in [-0.25, -0.2) is 19.9 Å². The number of fused-ring (bicyclic) bond motifs is 16. The van der Waals surface area contributed by atoms with Gasteiger partial charge in [-0.05, 0) is 54.3 Å². The highest BCUT2D eigenvalue weighted by molar-refractivity contribution is 7.27. The Hall–Kier alpha value is -8.56. The number of allylic oxidation sites excluding steroid dienone is 1. The van der Waals surface area contributed by atoms with Gasteiger partial charge in [-0.3, -0.25) is 4.57 Å². The first-order chi connectivity index (χ1) is 35.2. The van der Waals surface area contributed by atoms with Gasteiger partial charge in [-0.1, -0.05) is 170 Å². The summed E-state index contributed by atoms with van der Waals surface area (Å²) < 4.78 is 6.03. The summed E-state index contributed by atoms with van der Waals surface area (Å²) >= 11 is 3.76.